The topological polar surface area (TPSA) is 78.9 Å². The minimum atomic E-state index is -0.801. The molecule has 412 valence electrons. The Morgan fingerprint density at radius 2 is 0.556 bits per heavy atom. The van der Waals surface area contributed by atoms with Crippen LogP contribution in [0.3, 0.4) is 0 Å². The Labute approximate surface area is 445 Å². The van der Waals surface area contributed by atoms with Crippen LogP contribution in [0.2, 0.25) is 0 Å². The lowest BCUT2D eigenvalue weighted by Crippen LogP contribution is -2.30. The highest BCUT2D eigenvalue weighted by molar-refractivity contribution is 5.71. The van der Waals surface area contributed by atoms with Crippen molar-refractivity contribution in [1.82, 2.24) is 0 Å². The van der Waals surface area contributed by atoms with Crippen LogP contribution >= 0.6 is 0 Å². The third kappa shape index (κ3) is 57.2. The Hall–Kier alpha value is -3.67. The van der Waals surface area contributed by atoms with Gasteiger partial charge in [0, 0.05) is 19.3 Å². The third-order valence-corrected chi connectivity index (χ3v) is 12.8. The van der Waals surface area contributed by atoms with E-state index >= 15 is 0 Å². The van der Waals surface area contributed by atoms with Crippen molar-refractivity contribution < 1.29 is 28.6 Å². The van der Waals surface area contributed by atoms with E-state index in [4.69, 9.17) is 14.2 Å². The molecule has 0 aliphatic heterocycles. The van der Waals surface area contributed by atoms with Crippen molar-refractivity contribution in [2.45, 2.75) is 290 Å². The number of allylic oxidation sites excluding steroid dienone is 16. The lowest BCUT2D eigenvalue weighted by Gasteiger charge is -2.18. The van der Waals surface area contributed by atoms with Gasteiger partial charge in [-0.15, -0.1) is 0 Å². The van der Waals surface area contributed by atoms with E-state index in [1.807, 2.05) is 0 Å². The summed E-state index contributed by atoms with van der Waals surface area (Å²) in [6.45, 7) is 6.49. The van der Waals surface area contributed by atoms with E-state index in [9.17, 15) is 14.4 Å². The summed E-state index contributed by atoms with van der Waals surface area (Å²) >= 11 is 0. The van der Waals surface area contributed by atoms with Gasteiger partial charge in [0.1, 0.15) is 13.2 Å². The van der Waals surface area contributed by atoms with E-state index in [-0.39, 0.29) is 37.5 Å². The van der Waals surface area contributed by atoms with Crippen LogP contribution in [0.25, 0.3) is 0 Å². The molecule has 0 aromatic carbocycles. The predicted molar refractivity (Wildman–Crippen MR) is 311 cm³/mol. The SMILES string of the molecule is CC/C=C\C/C=C\C/C=C\C/C=C\C/C=C\C/C=C\C/C=C\CCCC(=O)OCC(COC(=O)CCCCCCCCCCCCCC)OC(=O)CCCCCCCCCCC/C=C\CCCCCCCC. The van der Waals surface area contributed by atoms with Crippen LogP contribution in [0, 0.1) is 0 Å². The Balaban J connectivity index is 4.44. The molecular formula is C66H112O6. The summed E-state index contributed by atoms with van der Waals surface area (Å²) in [6, 6.07) is 0. The fraction of sp³-hybridized carbons (Fsp3) is 0.712. The number of hydrogen-bond donors (Lipinski definition) is 0. The lowest BCUT2D eigenvalue weighted by molar-refractivity contribution is -0.167. The first-order valence-corrected chi connectivity index (χ1v) is 30.2. The smallest absolute Gasteiger partial charge is 0.306 e. The standard InChI is InChI=1S/C66H112O6/c1-4-7-10-13-16-19-22-25-27-29-31-32-33-34-36-37-39-41-44-47-50-53-56-59-65(68)71-62-63(61-70-64(67)58-55-52-49-46-43-24-21-18-15-12-9-6-3)72-66(69)60-57-54-51-48-45-42-40-38-35-30-28-26-23-20-17-14-11-8-5-2/h7,10,16,19,25-28,31-32,34,36,39,41,47,50,63H,4-6,8-9,11-15,17-18,20-24,29-30,33,35,37-38,40,42-46,48-49,51-62H2,1-3H3/b10-7-,19-16-,27-25-,28-26-,32-31-,36-34-,41-39-,50-47-. The maximum Gasteiger partial charge on any atom is 0.306 e. The van der Waals surface area contributed by atoms with E-state index in [0.29, 0.717) is 19.3 Å². The number of carbonyl (C=O) groups excluding carboxylic acids is 3. The molecule has 0 heterocycles. The van der Waals surface area contributed by atoms with Crippen LogP contribution in [-0.4, -0.2) is 37.2 Å². The zero-order valence-electron chi connectivity index (χ0n) is 47.2. The molecule has 6 nitrogen and oxygen atoms in total. The van der Waals surface area contributed by atoms with Gasteiger partial charge in [-0.05, 0) is 96.3 Å². The van der Waals surface area contributed by atoms with Crippen molar-refractivity contribution in [3.63, 3.8) is 0 Å². The zero-order chi connectivity index (χ0) is 52.2. The van der Waals surface area contributed by atoms with Crippen LogP contribution in [-0.2, 0) is 28.6 Å². The number of unbranched alkanes of at least 4 members (excludes halogenated alkanes) is 27. The van der Waals surface area contributed by atoms with Crippen molar-refractivity contribution in [2.24, 2.45) is 0 Å². The van der Waals surface area contributed by atoms with Crippen molar-refractivity contribution in [2.75, 3.05) is 13.2 Å². The van der Waals surface area contributed by atoms with Gasteiger partial charge >= 0.3 is 17.9 Å². The van der Waals surface area contributed by atoms with Crippen molar-refractivity contribution in [1.29, 1.82) is 0 Å². The van der Waals surface area contributed by atoms with Crippen LogP contribution in [0.4, 0.5) is 0 Å². The van der Waals surface area contributed by atoms with Gasteiger partial charge in [-0.3, -0.25) is 14.4 Å². The average molecular weight is 1000 g/mol. The largest absolute Gasteiger partial charge is 0.462 e. The van der Waals surface area contributed by atoms with Crippen molar-refractivity contribution >= 4 is 17.9 Å². The molecule has 0 aromatic rings. The summed E-state index contributed by atoms with van der Waals surface area (Å²) < 4.78 is 16.8. The van der Waals surface area contributed by atoms with Gasteiger partial charge in [0.05, 0.1) is 0 Å². The Kier molecular flexibility index (Phi) is 56.8. The van der Waals surface area contributed by atoms with Gasteiger partial charge in [-0.1, -0.05) is 266 Å². The van der Waals surface area contributed by atoms with Crippen LogP contribution < -0.4 is 0 Å². The van der Waals surface area contributed by atoms with Gasteiger partial charge in [0.2, 0.25) is 0 Å². The number of hydrogen-bond acceptors (Lipinski definition) is 6. The van der Waals surface area contributed by atoms with Gasteiger partial charge in [-0.2, -0.15) is 0 Å². The molecule has 0 saturated heterocycles. The minimum Gasteiger partial charge on any atom is -0.462 e. The molecule has 72 heavy (non-hydrogen) atoms. The molecule has 0 amide bonds. The first-order valence-electron chi connectivity index (χ1n) is 30.2. The highest BCUT2D eigenvalue weighted by Crippen LogP contribution is 2.15. The molecule has 0 fully saturated rings. The summed E-state index contributed by atoms with van der Waals surface area (Å²) in [5.74, 6) is -0.952. The molecule has 0 aliphatic carbocycles. The van der Waals surface area contributed by atoms with E-state index in [1.165, 1.54) is 148 Å². The number of esters is 3. The normalized spacial score (nSPS) is 12.8. The fourth-order valence-corrected chi connectivity index (χ4v) is 8.31. The fourth-order valence-electron chi connectivity index (χ4n) is 8.31. The van der Waals surface area contributed by atoms with E-state index < -0.39 is 6.10 Å². The second-order valence-corrected chi connectivity index (χ2v) is 19.9. The van der Waals surface area contributed by atoms with Crippen molar-refractivity contribution in [3.05, 3.63) is 97.2 Å². The highest BCUT2D eigenvalue weighted by Gasteiger charge is 2.19. The molecule has 0 rings (SSSR count). The Morgan fingerprint density at radius 3 is 0.917 bits per heavy atom. The lowest BCUT2D eigenvalue weighted by atomic mass is 10.0. The summed E-state index contributed by atoms with van der Waals surface area (Å²) in [5.41, 5.74) is 0. The Morgan fingerprint density at radius 1 is 0.292 bits per heavy atom. The van der Waals surface area contributed by atoms with Gasteiger partial charge in [-0.25, -0.2) is 0 Å². The van der Waals surface area contributed by atoms with Crippen LogP contribution in [0.5, 0.6) is 0 Å². The summed E-state index contributed by atoms with van der Waals surface area (Å²) in [6.07, 6.45) is 79.8. The first kappa shape index (κ1) is 68.3. The van der Waals surface area contributed by atoms with E-state index in [2.05, 4.69) is 118 Å². The summed E-state index contributed by atoms with van der Waals surface area (Å²) in [4.78, 5) is 38.2. The molecule has 6 heteroatoms. The van der Waals surface area contributed by atoms with E-state index in [1.54, 1.807) is 0 Å². The average Bonchev–Trinajstić information content (AvgIpc) is 3.38. The number of ether oxygens (including phenoxy) is 3. The molecule has 0 N–H and O–H groups in total. The molecule has 0 bridgehead atoms. The summed E-state index contributed by atoms with van der Waals surface area (Å²) in [5, 5.41) is 0. The molecule has 0 saturated carbocycles. The molecule has 0 aromatic heterocycles. The number of carbonyl (C=O) groups is 3. The molecule has 1 atom stereocenters. The quantitative estimate of drug-likeness (QED) is 0.0261. The minimum absolute atomic E-state index is 0.0943. The molecule has 0 radical (unpaired) electrons. The first-order chi connectivity index (χ1) is 35.5. The second kappa shape index (κ2) is 59.9. The molecule has 1 unspecified atom stereocenters. The van der Waals surface area contributed by atoms with Crippen LogP contribution in [0.1, 0.15) is 284 Å². The Bertz CT molecular complexity index is 1430. The summed E-state index contributed by atoms with van der Waals surface area (Å²) in [7, 11) is 0. The zero-order valence-corrected chi connectivity index (χ0v) is 47.2. The molecule has 0 spiro atoms. The second-order valence-electron chi connectivity index (χ2n) is 19.9. The molecule has 0 aliphatic rings. The van der Waals surface area contributed by atoms with Gasteiger partial charge in [0.15, 0.2) is 6.10 Å². The van der Waals surface area contributed by atoms with Crippen LogP contribution in [0.15, 0.2) is 97.2 Å². The highest BCUT2D eigenvalue weighted by atomic mass is 16.6. The molecular weight excluding hydrogens is 889 g/mol. The number of rotatable bonds is 54. The maximum absolute atomic E-state index is 12.9. The van der Waals surface area contributed by atoms with E-state index in [0.717, 1.165) is 89.9 Å². The third-order valence-electron chi connectivity index (χ3n) is 12.8. The van der Waals surface area contributed by atoms with Gasteiger partial charge in [0.25, 0.3) is 0 Å². The monoisotopic (exact) mass is 1000 g/mol. The van der Waals surface area contributed by atoms with Crippen molar-refractivity contribution in [3.8, 4) is 0 Å². The maximum atomic E-state index is 12.9. The predicted octanol–water partition coefficient (Wildman–Crippen LogP) is 20.5. The van der Waals surface area contributed by atoms with Gasteiger partial charge < -0.3 is 14.2 Å².